The highest BCUT2D eigenvalue weighted by Crippen LogP contribution is 2.29. The largest absolute Gasteiger partial charge is 0.274 e. The number of fused-ring (bicyclic) bond motifs is 2. The maximum absolute atomic E-state index is 12.4. The van der Waals surface area contributed by atoms with Crippen molar-refractivity contribution < 1.29 is 4.79 Å². The Morgan fingerprint density at radius 3 is 2.39 bits per heavy atom. The number of aromatic nitrogens is 1. The minimum Gasteiger partial charge on any atom is -0.274 e. The molecule has 0 N–H and O–H groups in total. The summed E-state index contributed by atoms with van der Waals surface area (Å²) in [6.07, 6.45) is 0.322. The first-order valence-electron chi connectivity index (χ1n) is 5.86. The van der Waals surface area contributed by atoms with Crippen LogP contribution in [-0.4, -0.2) is 10.5 Å². The third-order valence-electron chi connectivity index (χ3n) is 3.59. The standard InChI is InChI=1S/C15H9NO2/c17-13-8-9-4-3-7-11-10-5-1-2-6-12(10)15(18)16(13)14(9)11/h1-7H,8H2. The topological polar surface area (TPSA) is 39.1 Å². The number of carbonyl (C=O) groups is 1. The molecule has 3 nitrogen and oxygen atoms in total. The van der Waals surface area contributed by atoms with Crippen molar-refractivity contribution in [1.82, 2.24) is 4.57 Å². The number of benzene rings is 2. The van der Waals surface area contributed by atoms with Gasteiger partial charge in [-0.1, -0.05) is 36.4 Å². The zero-order valence-electron chi connectivity index (χ0n) is 9.51. The van der Waals surface area contributed by atoms with Crippen molar-refractivity contribution in [3.63, 3.8) is 0 Å². The lowest BCUT2D eigenvalue weighted by atomic mass is 10.0. The average molecular weight is 235 g/mol. The van der Waals surface area contributed by atoms with Gasteiger partial charge in [0.15, 0.2) is 0 Å². The van der Waals surface area contributed by atoms with Crippen molar-refractivity contribution in [2.24, 2.45) is 0 Å². The number of hydrogen-bond donors (Lipinski definition) is 0. The summed E-state index contributed by atoms with van der Waals surface area (Å²) in [5, 5.41) is 2.51. The second-order valence-electron chi connectivity index (χ2n) is 4.57. The molecule has 0 bridgehead atoms. The van der Waals surface area contributed by atoms with Crippen LogP contribution in [-0.2, 0) is 6.42 Å². The van der Waals surface area contributed by atoms with Crippen LogP contribution in [0.4, 0.5) is 0 Å². The van der Waals surface area contributed by atoms with E-state index in [0.29, 0.717) is 11.8 Å². The third-order valence-corrected chi connectivity index (χ3v) is 3.59. The Balaban J connectivity index is 2.45. The second kappa shape index (κ2) is 3.07. The van der Waals surface area contributed by atoms with E-state index in [1.807, 2.05) is 36.4 Å². The van der Waals surface area contributed by atoms with Crippen molar-refractivity contribution in [2.75, 3.05) is 0 Å². The lowest BCUT2D eigenvalue weighted by molar-refractivity contribution is 0.0926. The van der Waals surface area contributed by atoms with Crippen LogP contribution in [0.2, 0.25) is 0 Å². The Kier molecular flexibility index (Phi) is 1.64. The van der Waals surface area contributed by atoms with Gasteiger partial charge < -0.3 is 0 Å². The van der Waals surface area contributed by atoms with Gasteiger partial charge in [0.05, 0.1) is 11.9 Å². The predicted molar refractivity (Wildman–Crippen MR) is 70.0 cm³/mol. The van der Waals surface area contributed by atoms with E-state index in [2.05, 4.69) is 0 Å². The van der Waals surface area contributed by atoms with Crippen molar-refractivity contribution in [1.29, 1.82) is 0 Å². The quantitative estimate of drug-likeness (QED) is 0.561. The molecule has 2 aromatic carbocycles. The molecule has 0 amide bonds. The molecule has 0 radical (unpaired) electrons. The van der Waals surface area contributed by atoms with Gasteiger partial charge in [0.1, 0.15) is 0 Å². The molecule has 1 aromatic heterocycles. The van der Waals surface area contributed by atoms with E-state index in [9.17, 15) is 9.59 Å². The van der Waals surface area contributed by atoms with E-state index in [0.717, 1.165) is 21.9 Å². The van der Waals surface area contributed by atoms with Crippen LogP contribution in [0.3, 0.4) is 0 Å². The van der Waals surface area contributed by atoms with Gasteiger partial charge in [0, 0.05) is 10.8 Å². The lowest BCUT2D eigenvalue weighted by Crippen LogP contribution is -2.24. The molecule has 3 heteroatoms. The van der Waals surface area contributed by atoms with E-state index in [-0.39, 0.29) is 11.5 Å². The highest BCUT2D eigenvalue weighted by Gasteiger charge is 2.24. The van der Waals surface area contributed by atoms with Gasteiger partial charge in [-0.3, -0.25) is 9.59 Å². The van der Waals surface area contributed by atoms with Crippen LogP contribution in [0.15, 0.2) is 47.3 Å². The summed E-state index contributed by atoms with van der Waals surface area (Å²) in [4.78, 5) is 24.3. The predicted octanol–water partition coefficient (Wildman–Crippen LogP) is 2.35. The number of para-hydroxylation sites is 1. The van der Waals surface area contributed by atoms with E-state index in [1.54, 1.807) is 6.07 Å². The van der Waals surface area contributed by atoms with E-state index < -0.39 is 0 Å². The number of carbonyl (C=O) groups excluding carboxylic acids is 1. The van der Waals surface area contributed by atoms with Crippen molar-refractivity contribution in [2.45, 2.75) is 6.42 Å². The fraction of sp³-hybridized carbons (Fsp3) is 0.0667. The smallest absolute Gasteiger partial charge is 0.265 e. The molecular formula is C15H9NO2. The van der Waals surface area contributed by atoms with E-state index in [1.165, 1.54) is 4.57 Å². The number of hydrogen-bond acceptors (Lipinski definition) is 2. The molecule has 2 heterocycles. The van der Waals surface area contributed by atoms with Crippen LogP contribution in [0.25, 0.3) is 21.7 Å². The number of rotatable bonds is 0. The monoisotopic (exact) mass is 235 g/mol. The summed E-state index contributed by atoms with van der Waals surface area (Å²) in [5.74, 6) is -0.128. The van der Waals surface area contributed by atoms with Crippen LogP contribution in [0, 0.1) is 0 Å². The first kappa shape index (κ1) is 9.59. The summed E-state index contributed by atoms with van der Waals surface area (Å²) in [6, 6.07) is 13.3. The lowest BCUT2D eigenvalue weighted by Gasteiger charge is -2.06. The molecule has 0 atom stereocenters. The SMILES string of the molecule is O=C1Cc2cccc3c4ccccc4c(=O)n1c23. The first-order valence-corrected chi connectivity index (χ1v) is 5.86. The van der Waals surface area contributed by atoms with Crippen molar-refractivity contribution in [3.8, 4) is 0 Å². The van der Waals surface area contributed by atoms with Gasteiger partial charge in [-0.25, -0.2) is 4.57 Å². The molecule has 0 fully saturated rings. The summed E-state index contributed by atoms with van der Waals surface area (Å²) < 4.78 is 1.33. The summed E-state index contributed by atoms with van der Waals surface area (Å²) >= 11 is 0. The molecule has 0 unspecified atom stereocenters. The molecule has 0 saturated heterocycles. The molecule has 1 aliphatic heterocycles. The minimum absolute atomic E-state index is 0.128. The van der Waals surface area contributed by atoms with Crippen molar-refractivity contribution >= 4 is 27.6 Å². The van der Waals surface area contributed by atoms with Crippen LogP contribution in [0.1, 0.15) is 10.4 Å². The van der Waals surface area contributed by atoms with Gasteiger partial charge in [0.25, 0.3) is 5.56 Å². The van der Waals surface area contributed by atoms with E-state index in [4.69, 9.17) is 0 Å². The zero-order chi connectivity index (χ0) is 12.3. The number of nitrogens with zero attached hydrogens (tertiary/aromatic N) is 1. The molecule has 86 valence electrons. The molecule has 4 rings (SSSR count). The molecule has 18 heavy (non-hydrogen) atoms. The van der Waals surface area contributed by atoms with Gasteiger partial charge in [-0.15, -0.1) is 0 Å². The van der Waals surface area contributed by atoms with E-state index >= 15 is 0 Å². The van der Waals surface area contributed by atoms with Crippen molar-refractivity contribution in [3.05, 3.63) is 58.4 Å². The maximum atomic E-state index is 12.4. The third kappa shape index (κ3) is 0.991. The first-order chi connectivity index (χ1) is 8.77. The van der Waals surface area contributed by atoms with Gasteiger partial charge in [0.2, 0.25) is 5.91 Å². The molecule has 0 saturated carbocycles. The second-order valence-corrected chi connectivity index (χ2v) is 4.57. The Labute approximate surface area is 102 Å². The Morgan fingerprint density at radius 1 is 0.833 bits per heavy atom. The average Bonchev–Trinajstić information content (AvgIpc) is 2.73. The summed E-state index contributed by atoms with van der Waals surface area (Å²) in [6.45, 7) is 0. The van der Waals surface area contributed by atoms with Gasteiger partial charge in [-0.05, 0) is 17.0 Å². The maximum Gasteiger partial charge on any atom is 0.265 e. The van der Waals surface area contributed by atoms with Gasteiger partial charge in [-0.2, -0.15) is 0 Å². The number of pyridine rings is 1. The van der Waals surface area contributed by atoms with Crippen LogP contribution < -0.4 is 5.56 Å². The molecular weight excluding hydrogens is 226 g/mol. The fourth-order valence-corrected chi connectivity index (χ4v) is 2.82. The molecule has 0 aliphatic carbocycles. The summed E-state index contributed by atoms with van der Waals surface area (Å²) in [5.41, 5.74) is 1.53. The molecule has 1 aliphatic rings. The minimum atomic E-state index is -0.201. The zero-order valence-corrected chi connectivity index (χ0v) is 9.51. The Morgan fingerprint density at radius 2 is 1.56 bits per heavy atom. The van der Waals surface area contributed by atoms with Crippen LogP contribution >= 0.6 is 0 Å². The van der Waals surface area contributed by atoms with Crippen LogP contribution in [0.5, 0.6) is 0 Å². The highest BCUT2D eigenvalue weighted by atomic mass is 16.2. The molecule has 0 spiro atoms. The summed E-state index contributed by atoms with van der Waals surface area (Å²) in [7, 11) is 0. The molecule has 3 aromatic rings. The fourth-order valence-electron chi connectivity index (χ4n) is 2.82. The highest BCUT2D eigenvalue weighted by molar-refractivity contribution is 6.12. The van der Waals surface area contributed by atoms with Gasteiger partial charge >= 0.3 is 0 Å². The Bertz CT molecular complexity index is 890. The Hall–Kier alpha value is -2.42. The normalized spacial score (nSPS) is 13.7.